The molecule has 2 aromatic heterocycles. The van der Waals surface area contributed by atoms with Crippen LogP contribution in [-0.2, 0) is 19.5 Å². The highest BCUT2D eigenvalue weighted by Crippen LogP contribution is 2.32. The largest absolute Gasteiger partial charge is 0.361 e. The molecule has 5 heteroatoms. The molecule has 0 bridgehead atoms. The molecule has 0 spiro atoms. The number of rotatable bonds is 3. The minimum atomic E-state index is 0.574. The molecule has 5 rings (SSSR count). The van der Waals surface area contributed by atoms with Gasteiger partial charge in [0, 0.05) is 53.3 Å². The molecule has 4 nitrogen and oxygen atoms in total. The van der Waals surface area contributed by atoms with Gasteiger partial charge in [-0.25, -0.2) is 9.97 Å². The number of nitrogens with one attached hydrogen (secondary N) is 1. The number of fused-ring (bicyclic) bond motifs is 2. The molecule has 0 saturated heterocycles. The molecule has 0 unspecified atom stereocenters. The van der Waals surface area contributed by atoms with Gasteiger partial charge in [0.15, 0.2) is 0 Å². The highest BCUT2D eigenvalue weighted by atomic mass is 79.9. The van der Waals surface area contributed by atoms with Gasteiger partial charge in [-0.05, 0) is 48.6 Å². The smallest absolute Gasteiger partial charge is 0.131 e. The van der Waals surface area contributed by atoms with Gasteiger partial charge in [-0.15, -0.1) is 0 Å². The van der Waals surface area contributed by atoms with E-state index in [1.165, 1.54) is 59.8 Å². The predicted molar refractivity (Wildman–Crippen MR) is 112 cm³/mol. The molecule has 1 saturated carbocycles. The van der Waals surface area contributed by atoms with E-state index in [9.17, 15) is 0 Å². The van der Waals surface area contributed by atoms with Gasteiger partial charge in [-0.1, -0.05) is 35.2 Å². The van der Waals surface area contributed by atoms with Crippen molar-refractivity contribution in [2.45, 2.75) is 57.5 Å². The average molecular weight is 425 g/mol. The first kappa shape index (κ1) is 17.4. The molecule has 0 atom stereocenters. The van der Waals surface area contributed by atoms with Gasteiger partial charge in [0.2, 0.25) is 0 Å². The van der Waals surface area contributed by atoms with Crippen LogP contribution in [0, 0.1) is 0 Å². The summed E-state index contributed by atoms with van der Waals surface area (Å²) in [7, 11) is 0. The van der Waals surface area contributed by atoms with Crippen molar-refractivity contribution in [1.29, 1.82) is 0 Å². The summed E-state index contributed by atoms with van der Waals surface area (Å²) in [5, 5.41) is 1.31. The highest BCUT2D eigenvalue weighted by Gasteiger charge is 2.23. The topological polar surface area (TPSA) is 44.8 Å². The minimum Gasteiger partial charge on any atom is -0.361 e. The molecule has 1 fully saturated rings. The zero-order valence-corrected chi connectivity index (χ0v) is 17.1. The summed E-state index contributed by atoms with van der Waals surface area (Å²) in [6, 6.07) is 6.43. The molecule has 2 aliphatic rings. The third-order valence-electron chi connectivity index (χ3n) is 6.14. The van der Waals surface area contributed by atoms with E-state index in [-0.39, 0.29) is 0 Å². The first-order valence-corrected chi connectivity index (χ1v) is 10.9. The summed E-state index contributed by atoms with van der Waals surface area (Å²) < 4.78 is 1.13. The Hall–Kier alpha value is -1.72. The van der Waals surface area contributed by atoms with Gasteiger partial charge in [-0.3, -0.25) is 4.90 Å². The Morgan fingerprint density at radius 1 is 1.19 bits per heavy atom. The van der Waals surface area contributed by atoms with Crippen molar-refractivity contribution in [1.82, 2.24) is 19.9 Å². The van der Waals surface area contributed by atoms with Gasteiger partial charge in [0.25, 0.3) is 0 Å². The van der Waals surface area contributed by atoms with E-state index in [1.54, 1.807) is 0 Å². The minimum absolute atomic E-state index is 0.574. The number of hydrogen-bond donors (Lipinski definition) is 1. The molecule has 1 N–H and O–H groups in total. The van der Waals surface area contributed by atoms with Crippen LogP contribution in [0.4, 0.5) is 0 Å². The summed E-state index contributed by atoms with van der Waals surface area (Å²) in [4.78, 5) is 15.7. The normalized spacial score (nSPS) is 18.7. The SMILES string of the molecule is Brc1ccc2[nH]cc(CN3CCc4cnc(C5CCCCC5)nc4C3)c2c1. The van der Waals surface area contributed by atoms with E-state index in [2.05, 4.69) is 56.4 Å². The van der Waals surface area contributed by atoms with Crippen LogP contribution < -0.4 is 0 Å². The Morgan fingerprint density at radius 2 is 2.07 bits per heavy atom. The van der Waals surface area contributed by atoms with Gasteiger partial charge >= 0.3 is 0 Å². The molecule has 1 aliphatic heterocycles. The predicted octanol–water partition coefficient (Wildman–Crippen LogP) is 5.33. The van der Waals surface area contributed by atoms with Crippen molar-refractivity contribution in [2.24, 2.45) is 0 Å². The lowest BCUT2D eigenvalue weighted by molar-refractivity contribution is 0.241. The summed E-state index contributed by atoms with van der Waals surface area (Å²) >= 11 is 3.60. The number of hydrogen-bond acceptors (Lipinski definition) is 3. The van der Waals surface area contributed by atoms with Crippen LogP contribution in [0.3, 0.4) is 0 Å². The maximum absolute atomic E-state index is 5.02. The zero-order valence-electron chi connectivity index (χ0n) is 15.5. The lowest BCUT2D eigenvalue weighted by Crippen LogP contribution is -2.31. The Bertz CT molecular complexity index is 958. The van der Waals surface area contributed by atoms with Crippen LogP contribution in [-0.4, -0.2) is 26.4 Å². The number of aromatic nitrogens is 3. The monoisotopic (exact) mass is 424 g/mol. The Morgan fingerprint density at radius 3 is 2.96 bits per heavy atom. The van der Waals surface area contributed by atoms with Crippen molar-refractivity contribution in [3.63, 3.8) is 0 Å². The van der Waals surface area contributed by atoms with Crippen molar-refractivity contribution >= 4 is 26.8 Å². The summed E-state index contributed by atoms with van der Waals surface area (Å²) in [5.41, 5.74) is 5.15. The first-order valence-electron chi connectivity index (χ1n) is 10.1. The maximum Gasteiger partial charge on any atom is 0.131 e. The standard InChI is InChI=1S/C22H25BrN4/c23-18-6-7-20-19(10-18)17(12-24-20)13-27-9-8-16-11-25-22(26-21(16)14-27)15-4-2-1-3-5-15/h6-7,10-12,15,24H,1-5,8-9,13-14H2. The van der Waals surface area contributed by atoms with Crippen molar-refractivity contribution in [3.05, 3.63) is 57.7 Å². The van der Waals surface area contributed by atoms with E-state index >= 15 is 0 Å². The molecular weight excluding hydrogens is 400 g/mol. The van der Waals surface area contributed by atoms with E-state index < -0.39 is 0 Å². The summed E-state index contributed by atoms with van der Waals surface area (Å²) in [5.74, 6) is 1.66. The molecule has 0 amide bonds. The summed E-state index contributed by atoms with van der Waals surface area (Å²) in [6.45, 7) is 2.96. The van der Waals surface area contributed by atoms with Gasteiger partial charge < -0.3 is 4.98 Å². The van der Waals surface area contributed by atoms with Crippen LogP contribution in [0.25, 0.3) is 10.9 Å². The van der Waals surface area contributed by atoms with E-state index in [0.717, 1.165) is 36.4 Å². The van der Waals surface area contributed by atoms with Crippen LogP contribution in [0.5, 0.6) is 0 Å². The Labute approximate surface area is 168 Å². The third kappa shape index (κ3) is 3.55. The Balaban J connectivity index is 1.36. The molecule has 1 aromatic carbocycles. The second-order valence-corrected chi connectivity index (χ2v) is 8.92. The second-order valence-electron chi connectivity index (χ2n) is 8.00. The fourth-order valence-corrected chi connectivity index (χ4v) is 4.95. The quantitative estimate of drug-likeness (QED) is 0.617. The van der Waals surface area contributed by atoms with Crippen LogP contribution in [0.15, 0.2) is 35.1 Å². The first-order chi connectivity index (χ1) is 13.3. The number of nitrogens with zero attached hydrogens (tertiary/aromatic N) is 3. The molecule has 3 aromatic rings. The second kappa shape index (κ2) is 7.36. The van der Waals surface area contributed by atoms with Gasteiger partial charge in [0.1, 0.15) is 5.82 Å². The van der Waals surface area contributed by atoms with E-state index in [0.29, 0.717) is 5.92 Å². The molecule has 27 heavy (non-hydrogen) atoms. The third-order valence-corrected chi connectivity index (χ3v) is 6.63. The fourth-order valence-electron chi connectivity index (χ4n) is 4.59. The molecule has 0 radical (unpaired) electrons. The average Bonchev–Trinajstić information content (AvgIpc) is 3.10. The lowest BCUT2D eigenvalue weighted by Gasteiger charge is -2.29. The van der Waals surface area contributed by atoms with Crippen LogP contribution in [0.1, 0.15) is 60.7 Å². The molecule has 140 valence electrons. The number of H-pyrrole nitrogens is 1. The number of aromatic amines is 1. The van der Waals surface area contributed by atoms with Crippen LogP contribution >= 0.6 is 15.9 Å². The molecule has 1 aliphatic carbocycles. The highest BCUT2D eigenvalue weighted by molar-refractivity contribution is 9.10. The summed E-state index contributed by atoms with van der Waals surface area (Å²) in [6.07, 6.45) is 11.8. The number of halogens is 1. The molecular formula is C22H25BrN4. The van der Waals surface area contributed by atoms with Crippen molar-refractivity contribution < 1.29 is 0 Å². The van der Waals surface area contributed by atoms with Gasteiger partial charge in [-0.2, -0.15) is 0 Å². The van der Waals surface area contributed by atoms with E-state index in [4.69, 9.17) is 9.97 Å². The van der Waals surface area contributed by atoms with Crippen molar-refractivity contribution in [3.8, 4) is 0 Å². The molecule has 3 heterocycles. The van der Waals surface area contributed by atoms with Crippen molar-refractivity contribution in [2.75, 3.05) is 6.54 Å². The zero-order chi connectivity index (χ0) is 18.2. The van der Waals surface area contributed by atoms with Gasteiger partial charge in [0.05, 0.1) is 5.69 Å². The maximum atomic E-state index is 5.02. The Kier molecular flexibility index (Phi) is 4.74. The number of benzene rings is 1. The van der Waals surface area contributed by atoms with E-state index in [1.807, 2.05) is 0 Å². The van der Waals surface area contributed by atoms with Crippen LogP contribution in [0.2, 0.25) is 0 Å². The fraction of sp³-hybridized carbons (Fsp3) is 0.455. The lowest BCUT2D eigenvalue weighted by atomic mass is 9.88.